The van der Waals surface area contributed by atoms with Crippen molar-refractivity contribution in [3.63, 3.8) is 0 Å². The number of halogens is 2. The van der Waals surface area contributed by atoms with Gasteiger partial charge in [0.1, 0.15) is 5.82 Å². The third-order valence-electron chi connectivity index (χ3n) is 3.79. The predicted octanol–water partition coefficient (Wildman–Crippen LogP) is 5.54. The van der Waals surface area contributed by atoms with Crippen LogP contribution in [0.5, 0.6) is 5.75 Å². The van der Waals surface area contributed by atoms with E-state index in [2.05, 4.69) is 6.92 Å². The van der Waals surface area contributed by atoms with E-state index in [4.69, 9.17) is 4.74 Å². The monoisotopic (exact) mass is 312 g/mol. The fourth-order valence-electron chi connectivity index (χ4n) is 2.40. The molecule has 0 saturated heterocycles. The molecule has 0 radical (unpaired) electrons. The lowest BCUT2D eigenvalue weighted by Gasteiger charge is -2.17. The fourth-order valence-corrected chi connectivity index (χ4v) is 2.40. The molecule has 0 fully saturated rings. The van der Waals surface area contributed by atoms with Crippen LogP contribution in [-0.4, -0.2) is 12.4 Å². The maximum Gasteiger partial charge on any atom is 0.169 e. The van der Waals surface area contributed by atoms with Crippen LogP contribution in [0.4, 0.5) is 8.78 Å². The molecule has 0 aliphatic carbocycles. The molecule has 22 heavy (non-hydrogen) atoms. The van der Waals surface area contributed by atoms with Gasteiger partial charge in [0.25, 0.3) is 0 Å². The number of unbranched alkanes of at least 4 members (excludes halogenated alkanes) is 2. The highest BCUT2D eigenvalue weighted by Crippen LogP contribution is 2.29. The third-order valence-corrected chi connectivity index (χ3v) is 3.79. The highest BCUT2D eigenvalue weighted by molar-refractivity contribution is 6.00. The minimum absolute atomic E-state index is 0.0385. The molecule has 1 aromatic rings. The summed E-state index contributed by atoms with van der Waals surface area (Å²) >= 11 is 0. The first-order valence-electron chi connectivity index (χ1n) is 8.21. The van der Waals surface area contributed by atoms with Crippen LogP contribution >= 0.6 is 0 Å². The lowest BCUT2D eigenvalue weighted by Crippen LogP contribution is -2.17. The van der Waals surface area contributed by atoms with Gasteiger partial charge in [-0.05, 0) is 25.3 Å². The summed E-state index contributed by atoms with van der Waals surface area (Å²) in [5.74, 6) is -2.08. The summed E-state index contributed by atoms with van der Waals surface area (Å²) in [6, 6.07) is 1.87. The Bertz CT molecular complexity index is 486. The van der Waals surface area contributed by atoms with E-state index in [1.54, 1.807) is 0 Å². The molecule has 0 unspecified atom stereocenters. The number of carbonyl (C=O) groups excluding carboxylic acids is 1. The lowest BCUT2D eigenvalue weighted by molar-refractivity contribution is 0.0902. The highest BCUT2D eigenvalue weighted by atomic mass is 19.1. The van der Waals surface area contributed by atoms with E-state index in [9.17, 15) is 13.6 Å². The van der Waals surface area contributed by atoms with E-state index < -0.39 is 11.6 Å². The first-order valence-corrected chi connectivity index (χ1v) is 8.21. The van der Waals surface area contributed by atoms with Crippen molar-refractivity contribution in [2.75, 3.05) is 6.61 Å². The van der Waals surface area contributed by atoms with Gasteiger partial charge in [-0.3, -0.25) is 4.79 Å². The summed E-state index contributed by atoms with van der Waals surface area (Å²) in [5.41, 5.74) is 0.0385. The maximum absolute atomic E-state index is 14.0. The summed E-state index contributed by atoms with van der Waals surface area (Å²) in [4.78, 5) is 12.6. The molecule has 0 aliphatic heterocycles. The summed E-state index contributed by atoms with van der Waals surface area (Å²) in [7, 11) is 0. The molecule has 0 aromatic heterocycles. The second kappa shape index (κ2) is 9.54. The van der Waals surface area contributed by atoms with Crippen molar-refractivity contribution in [3.05, 3.63) is 29.3 Å². The molecule has 0 aliphatic rings. The minimum Gasteiger partial charge on any atom is -0.490 e. The third kappa shape index (κ3) is 5.08. The molecule has 124 valence electrons. The van der Waals surface area contributed by atoms with Gasteiger partial charge >= 0.3 is 0 Å². The van der Waals surface area contributed by atoms with Gasteiger partial charge in [0.15, 0.2) is 17.3 Å². The smallest absolute Gasteiger partial charge is 0.169 e. The van der Waals surface area contributed by atoms with E-state index in [-0.39, 0.29) is 23.0 Å². The van der Waals surface area contributed by atoms with Crippen LogP contribution in [0.25, 0.3) is 0 Å². The fraction of sp³-hybridized carbons (Fsp3) is 0.611. The topological polar surface area (TPSA) is 26.3 Å². The summed E-state index contributed by atoms with van der Waals surface area (Å²) in [6.45, 7) is 6.29. The van der Waals surface area contributed by atoms with Gasteiger partial charge in [0, 0.05) is 12.0 Å². The zero-order valence-electron chi connectivity index (χ0n) is 13.8. The van der Waals surface area contributed by atoms with Crippen molar-refractivity contribution in [2.45, 2.75) is 59.3 Å². The van der Waals surface area contributed by atoms with Crippen LogP contribution in [0.15, 0.2) is 12.1 Å². The van der Waals surface area contributed by atoms with Crippen molar-refractivity contribution in [3.8, 4) is 5.75 Å². The van der Waals surface area contributed by atoms with E-state index in [1.807, 2.05) is 13.8 Å². The molecule has 0 bridgehead atoms. The van der Waals surface area contributed by atoms with E-state index in [0.717, 1.165) is 44.2 Å². The number of hydrogen-bond acceptors (Lipinski definition) is 2. The number of carbonyl (C=O) groups is 1. The van der Waals surface area contributed by atoms with Crippen molar-refractivity contribution in [1.29, 1.82) is 0 Å². The molecular formula is C18H26F2O2. The van der Waals surface area contributed by atoms with E-state index in [0.29, 0.717) is 13.0 Å². The number of rotatable bonds is 10. The average molecular weight is 312 g/mol. The second-order valence-electron chi connectivity index (χ2n) is 5.58. The highest BCUT2D eigenvalue weighted by Gasteiger charge is 2.24. The molecule has 4 heteroatoms. The summed E-state index contributed by atoms with van der Waals surface area (Å²) in [6.07, 6.45) is 4.97. The van der Waals surface area contributed by atoms with Gasteiger partial charge in [-0.1, -0.05) is 40.0 Å². The number of ether oxygens (including phenoxy) is 1. The molecule has 0 spiro atoms. The Morgan fingerprint density at radius 3 is 2.41 bits per heavy atom. The van der Waals surface area contributed by atoms with E-state index >= 15 is 0 Å². The number of Topliss-reactive ketones (excluding diaryl/α,β-unsaturated/α-hetero) is 1. The van der Waals surface area contributed by atoms with Gasteiger partial charge in [0.2, 0.25) is 0 Å². The number of hydrogen-bond donors (Lipinski definition) is 0. The summed E-state index contributed by atoms with van der Waals surface area (Å²) in [5, 5.41) is 0. The molecule has 0 N–H and O–H groups in total. The zero-order chi connectivity index (χ0) is 16.5. The Balaban J connectivity index is 3.05. The van der Waals surface area contributed by atoms with Gasteiger partial charge in [-0.2, -0.15) is 0 Å². The zero-order valence-corrected chi connectivity index (χ0v) is 13.8. The van der Waals surface area contributed by atoms with Crippen molar-refractivity contribution < 1.29 is 18.3 Å². The van der Waals surface area contributed by atoms with Gasteiger partial charge < -0.3 is 4.74 Å². The first kappa shape index (κ1) is 18.6. The maximum atomic E-state index is 14.0. The van der Waals surface area contributed by atoms with Gasteiger partial charge in [-0.15, -0.1) is 0 Å². The van der Waals surface area contributed by atoms with E-state index in [1.165, 1.54) is 0 Å². The second-order valence-corrected chi connectivity index (χ2v) is 5.58. The molecule has 1 rings (SSSR count). The Morgan fingerprint density at radius 2 is 1.82 bits per heavy atom. The lowest BCUT2D eigenvalue weighted by atomic mass is 9.90. The van der Waals surface area contributed by atoms with Crippen molar-refractivity contribution >= 4 is 5.78 Å². The van der Waals surface area contributed by atoms with Crippen LogP contribution < -0.4 is 4.74 Å². The normalized spacial score (nSPS) is 12.2. The van der Waals surface area contributed by atoms with Crippen LogP contribution in [0.1, 0.15) is 69.7 Å². The Labute approximate surface area is 131 Å². The standard InChI is InChI=1S/C18H26F2O2/c1-4-7-9-13(6-3)17(21)15-11-14(19)12-16(20)18(15)22-10-8-5-2/h11-13H,4-10H2,1-3H3/t13-/m0/s1. The predicted molar refractivity (Wildman–Crippen MR) is 84.4 cm³/mol. The summed E-state index contributed by atoms with van der Waals surface area (Å²) < 4.78 is 33.0. The Hall–Kier alpha value is -1.45. The number of benzene rings is 1. The molecule has 0 saturated carbocycles. The average Bonchev–Trinajstić information content (AvgIpc) is 2.49. The quantitative estimate of drug-likeness (QED) is 0.418. The SMILES string of the molecule is CCCCOc1c(F)cc(F)cc1C(=O)[C@@H](CC)CCCC. The van der Waals surface area contributed by atoms with Crippen LogP contribution in [0.2, 0.25) is 0 Å². The van der Waals surface area contributed by atoms with Gasteiger partial charge in [-0.25, -0.2) is 8.78 Å². The Morgan fingerprint density at radius 1 is 1.14 bits per heavy atom. The minimum atomic E-state index is -0.801. The first-order chi connectivity index (χ1) is 10.5. The Kier molecular flexibility index (Phi) is 8.07. The van der Waals surface area contributed by atoms with Gasteiger partial charge in [0.05, 0.1) is 12.2 Å². The van der Waals surface area contributed by atoms with Crippen LogP contribution in [-0.2, 0) is 0 Å². The molecule has 1 atom stereocenters. The molecule has 2 nitrogen and oxygen atoms in total. The molecule has 0 heterocycles. The van der Waals surface area contributed by atoms with Crippen LogP contribution in [0.3, 0.4) is 0 Å². The van der Waals surface area contributed by atoms with Crippen LogP contribution in [0, 0.1) is 17.6 Å². The van der Waals surface area contributed by atoms with Crippen molar-refractivity contribution in [1.82, 2.24) is 0 Å². The molecule has 1 aromatic carbocycles. The molecular weight excluding hydrogens is 286 g/mol. The molecule has 0 amide bonds. The largest absolute Gasteiger partial charge is 0.490 e. The van der Waals surface area contributed by atoms with Crippen molar-refractivity contribution in [2.24, 2.45) is 5.92 Å². The number of ketones is 1.